The van der Waals surface area contributed by atoms with Crippen molar-refractivity contribution in [2.75, 3.05) is 0 Å². The fourth-order valence-corrected chi connectivity index (χ4v) is 1.66. The third-order valence-corrected chi connectivity index (χ3v) is 3.18. The Bertz CT molecular complexity index is 603. The van der Waals surface area contributed by atoms with E-state index in [0.29, 0.717) is 0 Å². The summed E-state index contributed by atoms with van der Waals surface area (Å²) in [5.41, 5.74) is 4.45. The number of sulfonamides is 1. The molecule has 22 heavy (non-hydrogen) atoms. The summed E-state index contributed by atoms with van der Waals surface area (Å²) in [4.78, 5) is 0. The number of nitrogens with two attached hydrogens (primary N) is 1. The van der Waals surface area contributed by atoms with Crippen LogP contribution in [0.1, 0.15) is 0 Å². The predicted molar refractivity (Wildman–Crippen MR) is 50.2 cm³/mol. The van der Waals surface area contributed by atoms with Gasteiger partial charge < -0.3 is 5.73 Å². The van der Waals surface area contributed by atoms with Crippen molar-refractivity contribution in [3.63, 3.8) is 0 Å². The summed E-state index contributed by atoms with van der Waals surface area (Å²) in [7, 11) is -7.00. The van der Waals surface area contributed by atoms with Crippen LogP contribution in [0.25, 0.3) is 0 Å². The topological polar surface area (TPSA) is 108 Å². The van der Waals surface area contributed by atoms with E-state index in [4.69, 9.17) is 5.26 Å². The second-order valence-electron chi connectivity index (χ2n) is 3.35. The Hall–Kier alpha value is -1.92. The minimum atomic E-state index is -7.41. The van der Waals surface area contributed by atoms with Gasteiger partial charge in [-0.3, -0.25) is 5.32 Å². The highest BCUT2D eigenvalue weighted by Gasteiger charge is 2.85. The molecule has 3 N–H and O–H groups in total. The molecule has 0 aliphatic carbocycles. The van der Waals surface area contributed by atoms with Crippen molar-refractivity contribution in [3.8, 4) is 6.19 Å². The molecule has 0 fully saturated rings. The molecule has 0 aromatic heterocycles. The number of hydrogen-bond donors (Lipinski definition) is 2. The number of nitrogens with zero attached hydrogens (tertiary/aromatic N) is 2. The molecule has 0 unspecified atom stereocenters. The van der Waals surface area contributed by atoms with Crippen molar-refractivity contribution < 1.29 is 47.9 Å². The molecule has 0 saturated heterocycles. The van der Waals surface area contributed by atoms with Crippen LogP contribution >= 0.6 is 0 Å². The second kappa shape index (κ2) is 5.37. The van der Waals surface area contributed by atoms with Gasteiger partial charge in [0, 0.05) is 0 Å². The number of nitriles is 1. The van der Waals surface area contributed by atoms with E-state index in [0.717, 1.165) is 11.5 Å². The Morgan fingerprint density at radius 3 is 1.73 bits per heavy atom. The number of hydrogen-bond acceptors (Lipinski definition) is 3. The molecule has 6 nitrogen and oxygen atoms in total. The summed E-state index contributed by atoms with van der Waals surface area (Å²) >= 11 is 0. The van der Waals surface area contributed by atoms with Gasteiger partial charge in [0.05, 0.1) is 0 Å². The van der Waals surface area contributed by atoms with Gasteiger partial charge >= 0.3 is 33.3 Å². The molecular weight excluding hydrogens is 363 g/mol. The molecule has 128 valence electrons. The molecule has 0 bridgehead atoms. The first kappa shape index (κ1) is 20.1. The summed E-state index contributed by atoms with van der Waals surface area (Å²) in [6.45, 7) is 0. The minimum absolute atomic E-state index is 0.804. The van der Waals surface area contributed by atoms with Gasteiger partial charge in [0.1, 0.15) is 0 Å². The van der Waals surface area contributed by atoms with Crippen molar-refractivity contribution in [2.24, 2.45) is 10.1 Å². The maximum Gasteiger partial charge on any atom is 0.460 e. The van der Waals surface area contributed by atoms with E-state index in [1.54, 1.807) is 4.40 Å². The normalized spacial score (nSPS) is 15.4. The number of halogens is 9. The summed E-state index contributed by atoms with van der Waals surface area (Å²) < 4.78 is 135. The second-order valence-corrected chi connectivity index (χ2v) is 5.00. The fourth-order valence-electron chi connectivity index (χ4n) is 0.790. The molecule has 0 atom stereocenters. The summed E-state index contributed by atoms with van der Waals surface area (Å²) in [6.07, 6.45) is -6.38. The van der Waals surface area contributed by atoms with Crippen LogP contribution in [0.4, 0.5) is 39.5 Å². The lowest BCUT2D eigenvalue weighted by Crippen LogP contribution is -2.63. The zero-order valence-electron chi connectivity index (χ0n) is 9.60. The van der Waals surface area contributed by atoms with Crippen LogP contribution in [-0.2, 0) is 10.0 Å². The molecule has 0 rings (SSSR count). The van der Waals surface area contributed by atoms with Crippen molar-refractivity contribution in [1.82, 2.24) is 5.32 Å². The number of alkyl halides is 9. The zero-order chi connectivity index (χ0) is 18.2. The average molecular weight is 366 g/mol. The van der Waals surface area contributed by atoms with Gasteiger partial charge in [-0.25, -0.2) is 0 Å². The van der Waals surface area contributed by atoms with Crippen LogP contribution in [-0.4, -0.2) is 37.7 Å². The van der Waals surface area contributed by atoms with E-state index in [1.165, 1.54) is 0 Å². The van der Waals surface area contributed by atoms with E-state index in [2.05, 4.69) is 5.73 Å². The molecular formula is C6H3F9N4O2S. The summed E-state index contributed by atoms with van der Waals surface area (Å²) in [5, 5.41) is 1.99. The lowest BCUT2D eigenvalue weighted by Gasteiger charge is -2.31. The molecule has 0 aromatic carbocycles. The third-order valence-electron chi connectivity index (χ3n) is 1.84. The Morgan fingerprint density at radius 1 is 1.00 bits per heavy atom. The summed E-state index contributed by atoms with van der Waals surface area (Å²) in [6, 6.07) is 0. The summed E-state index contributed by atoms with van der Waals surface area (Å²) in [5.74, 6) is -16.6. The molecule has 0 saturated carbocycles. The Labute approximate surface area is 115 Å². The first-order chi connectivity index (χ1) is 9.45. The largest absolute Gasteiger partial charge is 0.460 e. The van der Waals surface area contributed by atoms with Gasteiger partial charge in [-0.05, 0) is 0 Å². The molecule has 0 aliphatic rings. The standard InChI is InChI=1S/C6H3F9N4O2S/c7-3(8,5(11,12)13)4(9,10)6(14,15)22(20,21)19-2(17)18-1-16/h(H3,17,18,19). The monoisotopic (exact) mass is 366 g/mol. The molecule has 16 heteroatoms. The van der Waals surface area contributed by atoms with Gasteiger partial charge in [-0.15, -0.1) is 4.40 Å². The highest BCUT2D eigenvalue weighted by Crippen LogP contribution is 2.54. The Balaban J connectivity index is 6.14. The molecule has 0 aromatic rings. The van der Waals surface area contributed by atoms with E-state index < -0.39 is 39.3 Å². The maximum atomic E-state index is 13.0. The van der Waals surface area contributed by atoms with Crippen molar-refractivity contribution in [2.45, 2.75) is 23.3 Å². The molecule has 0 aliphatic heterocycles. The lowest BCUT2D eigenvalue weighted by molar-refractivity contribution is -0.382. The third kappa shape index (κ3) is 2.98. The number of guanidine groups is 1. The lowest BCUT2D eigenvalue weighted by atomic mass is 10.1. The number of nitrogens with one attached hydrogen (secondary N) is 1. The molecule has 0 amide bonds. The molecule has 0 spiro atoms. The fraction of sp³-hybridized carbons (Fsp3) is 0.667. The van der Waals surface area contributed by atoms with E-state index in [1.807, 2.05) is 0 Å². The highest BCUT2D eigenvalue weighted by molar-refractivity contribution is 7.91. The van der Waals surface area contributed by atoms with Crippen LogP contribution in [0.2, 0.25) is 0 Å². The molecule has 0 heterocycles. The molecule has 0 radical (unpaired) electrons. The van der Waals surface area contributed by atoms with Gasteiger partial charge in [-0.1, -0.05) is 0 Å². The quantitative estimate of drug-likeness (QED) is 0.255. The van der Waals surface area contributed by atoms with E-state index in [-0.39, 0.29) is 0 Å². The Kier molecular flexibility index (Phi) is 4.90. The van der Waals surface area contributed by atoms with Crippen LogP contribution in [0.3, 0.4) is 0 Å². The van der Waals surface area contributed by atoms with Crippen LogP contribution in [0, 0.1) is 11.5 Å². The van der Waals surface area contributed by atoms with Crippen molar-refractivity contribution >= 4 is 16.0 Å². The predicted octanol–water partition coefficient (Wildman–Crippen LogP) is 1.13. The maximum absolute atomic E-state index is 13.0. The Morgan fingerprint density at radius 2 is 1.41 bits per heavy atom. The zero-order valence-corrected chi connectivity index (χ0v) is 10.4. The van der Waals surface area contributed by atoms with Crippen LogP contribution in [0.5, 0.6) is 0 Å². The first-order valence-electron chi connectivity index (χ1n) is 4.41. The van der Waals surface area contributed by atoms with Crippen molar-refractivity contribution in [1.29, 1.82) is 5.26 Å². The number of rotatable bonds is 4. The van der Waals surface area contributed by atoms with E-state index in [9.17, 15) is 47.9 Å². The van der Waals surface area contributed by atoms with Gasteiger partial charge in [0.25, 0.3) is 0 Å². The average Bonchev–Trinajstić information content (AvgIpc) is 2.25. The van der Waals surface area contributed by atoms with Gasteiger partial charge in [0.2, 0.25) is 5.96 Å². The highest BCUT2D eigenvalue weighted by atomic mass is 32.2. The van der Waals surface area contributed by atoms with Crippen LogP contribution < -0.4 is 11.1 Å². The van der Waals surface area contributed by atoms with Crippen LogP contribution in [0.15, 0.2) is 4.40 Å². The SMILES string of the molecule is N#CN/C(N)=N/S(=O)(=O)C(F)(F)C(F)(F)C(F)(F)C(F)(F)F. The first-order valence-corrected chi connectivity index (χ1v) is 5.85. The van der Waals surface area contributed by atoms with Gasteiger partial charge in [-0.2, -0.15) is 53.2 Å². The smallest absolute Gasteiger partial charge is 0.368 e. The van der Waals surface area contributed by atoms with Crippen molar-refractivity contribution in [3.05, 3.63) is 0 Å². The van der Waals surface area contributed by atoms with Gasteiger partial charge in [0.15, 0.2) is 6.19 Å². The minimum Gasteiger partial charge on any atom is -0.368 e. The van der Waals surface area contributed by atoms with E-state index >= 15 is 0 Å².